The summed E-state index contributed by atoms with van der Waals surface area (Å²) in [7, 11) is -1.60. The highest BCUT2D eigenvalue weighted by atomic mass is 32.2. The predicted octanol–water partition coefficient (Wildman–Crippen LogP) is 1.09. The zero-order valence-electron chi connectivity index (χ0n) is 12.2. The number of rotatable bonds is 6. The Morgan fingerprint density at radius 2 is 1.86 bits per heavy atom. The molecule has 0 aromatic heterocycles. The first-order valence-electron chi connectivity index (χ1n) is 7.00. The molecule has 2 rings (SSSR count). The molecule has 1 fully saturated rings. The number of anilines is 1. The minimum Gasteiger partial charge on any atom is -0.492 e. The van der Waals surface area contributed by atoms with Gasteiger partial charge in [0.05, 0.1) is 11.9 Å². The number of methoxy groups -OCH3 is 1. The predicted molar refractivity (Wildman–Crippen MR) is 81.7 cm³/mol. The van der Waals surface area contributed by atoms with Gasteiger partial charge < -0.3 is 15.2 Å². The maximum atomic E-state index is 12.2. The van der Waals surface area contributed by atoms with Crippen LogP contribution in [0.5, 0.6) is 5.75 Å². The Bertz CT molecular complexity index is 537. The largest absolute Gasteiger partial charge is 0.492 e. The van der Waals surface area contributed by atoms with Crippen molar-refractivity contribution in [3.8, 4) is 5.75 Å². The topological polar surface area (TPSA) is 81.9 Å². The number of hydrogen-bond acceptors (Lipinski definition) is 5. The van der Waals surface area contributed by atoms with Gasteiger partial charge in [-0.2, -0.15) is 0 Å². The zero-order valence-corrected chi connectivity index (χ0v) is 13.0. The van der Waals surface area contributed by atoms with Gasteiger partial charge >= 0.3 is 0 Å². The molecule has 0 amide bonds. The third-order valence-corrected chi connectivity index (χ3v) is 5.45. The van der Waals surface area contributed by atoms with Gasteiger partial charge in [-0.15, -0.1) is 0 Å². The summed E-state index contributed by atoms with van der Waals surface area (Å²) in [6.07, 6.45) is 1.66. The van der Waals surface area contributed by atoms with Crippen molar-refractivity contribution in [3.63, 3.8) is 0 Å². The molecule has 0 unspecified atom stereocenters. The molecule has 0 aliphatic carbocycles. The van der Waals surface area contributed by atoms with Gasteiger partial charge in [0.15, 0.2) is 0 Å². The van der Waals surface area contributed by atoms with E-state index in [0.717, 1.165) is 12.8 Å². The molecule has 1 saturated heterocycles. The standard InChI is InChI=1S/C14H22N2O4S/c1-19-13-6-8-16(9-7-13)21(17,18)11-10-20-14-4-2-12(15)3-5-14/h2-5,13H,6-11,15H2,1H3. The lowest BCUT2D eigenvalue weighted by Crippen LogP contribution is -2.42. The van der Waals surface area contributed by atoms with E-state index in [1.165, 1.54) is 4.31 Å². The number of nitrogen functional groups attached to an aromatic ring is 1. The van der Waals surface area contributed by atoms with Gasteiger partial charge in [-0.1, -0.05) is 0 Å². The first-order valence-corrected chi connectivity index (χ1v) is 8.61. The second kappa shape index (κ2) is 7.11. The van der Waals surface area contributed by atoms with Crippen LogP contribution in [0.2, 0.25) is 0 Å². The third-order valence-electron chi connectivity index (χ3n) is 3.62. The molecule has 6 nitrogen and oxygen atoms in total. The van der Waals surface area contributed by atoms with Gasteiger partial charge in [0.25, 0.3) is 0 Å². The Balaban J connectivity index is 1.80. The van der Waals surface area contributed by atoms with Crippen LogP contribution in [0.25, 0.3) is 0 Å². The van der Waals surface area contributed by atoms with Crippen LogP contribution in [0.1, 0.15) is 12.8 Å². The Kier molecular flexibility index (Phi) is 5.44. The number of sulfonamides is 1. The highest BCUT2D eigenvalue weighted by molar-refractivity contribution is 7.89. The summed E-state index contributed by atoms with van der Waals surface area (Å²) in [4.78, 5) is 0. The molecule has 0 atom stereocenters. The van der Waals surface area contributed by atoms with Crippen LogP contribution < -0.4 is 10.5 Å². The lowest BCUT2D eigenvalue weighted by molar-refractivity contribution is 0.0604. The van der Waals surface area contributed by atoms with E-state index in [0.29, 0.717) is 24.5 Å². The van der Waals surface area contributed by atoms with Crippen LogP contribution in [0.3, 0.4) is 0 Å². The van der Waals surface area contributed by atoms with Gasteiger partial charge in [0.1, 0.15) is 12.4 Å². The molecule has 1 aromatic rings. The van der Waals surface area contributed by atoms with Crippen molar-refractivity contribution in [2.24, 2.45) is 0 Å². The van der Waals surface area contributed by atoms with Crippen LogP contribution in [0.15, 0.2) is 24.3 Å². The third kappa shape index (κ3) is 4.59. The van der Waals surface area contributed by atoms with E-state index in [4.69, 9.17) is 15.2 Å². The van der Waals surface area contributed by atoms with E-state index in [1.54, 1.807) is 31.4 Å². The van der Waals surface area contributed by atoms with E-state index in [-0.39, 0.29) is 18.5 Å². The Labute approximate surface area is 125 Å². The van der Waals surface area contributed by atoms with Crippen molar-refractivity contribution in [3.05, 3.63) is 24.3 Å². The van der Waals surface area contributed by atoms with Crippen molar-refractivity contribution >= 4 is 15.7 Å². The monoisotopic (exact) mass is 314 g/mol. The number of nitrogens with two attached hydrogens (primary N) is 1. The van der Waals surface area contributed by atoms with Gasteiger partial charge in [0, 0.05) is 25.9 Å². The lowest BCUT2D eigenvalue weighted by atomic mass is 10.1. The lowest BCUT2D eigenvalue weighted by Gasteiger charge is -2.30. The molecule has 1 aliphatic rings. The molecular formula is C14H22N2O4S. The molecule has 1 heterocycles. The molecule has 0 spiro atoms. The molecule has 0 bridgehead atoms. The smallest absolute Gasteiger partial charge is 0.217 e. The van der Waals surface area contributed by atoms with E-state index in [2.05, 4.69) is 0 Å². The van der Waals surface area contributed by atoms with Crippen LogP contribution >= 0.6 is 0 Å². The summed E-state index contributed by atoms with van der Waals surface area (Å²) in [5, 5.41) is 0. The molecule has 21 heavy (non-hydrogen) atoms. The molecule has 1 aromatic carbocycles. The SMILES string of the molecule is COC1CCN(S(=O)(=O)CCOc2ccc(N)cc2)CC1. The first-order chi connectivity index (χ1) is 10.0. The van der Waals surface area contributed by atoms with Crippen LogP contribution in [0.4, 0.5) is 5.69 Å². The second-order valence-corrected chi connectivity index (χ2v) is 7.16. The fourth-order valence-corrected chi connectivity index (χ4v) is 3.62. The van der Waals surface area contributed by atoms with E-state index in [1.807, 2.05) is 0 Å². The highest BCUT2D eigenvalue weighted by Crippen LogP contribution is 2.17. The van der Waals surface area contributed by atoms with Crippen molar-refractivity contribution < 1.29 is 17.9 Å². The minimum absolute atomic E-state index is 0.0188. The molecule has 118 valence electrons. The summed E-state index contributed by atoms with van der Waals surface area (Å²) in [5.74, 6) is 0.604. The van der Waals surface area contributed by atoms with Gasteiger partial charge in [-0.05, 0) is 37.1 Å². The number of ether oxygens (including phenoxy) is 2. The minimum atomic E-state index is -3.27. The van der Waals surface area contributed by atoms with Crippen molar-refractivity contribution in [2.45, 2.75) is 18.9 Å². The van der Waals surface area contributed by atoms with Crippen LogP contribution in [-0.2, 0) is 14.8 Å². The number of piperidine rings is 1. The fourth-order valence-electron chi connectivity index (χ4n) is 2.30. The normalized spacial score (nSPS) is 17.8. The summed E-state index contributed by atoms with van der Waals surface area (Å²) in [5.41, 5.74) is 6.23. The maximum absolute atomic E-state index is 12.2. The van der Waals surface area contributed by atoms with Crippen molar-refractivity contribution in [1.29, 1.82) is 0 Å². The Morgan fingerprint density at radius 3 is 2.43 bits per heavy atom. The van der Waals surface area contributed by atoms with Crippen molar-refractivity contribution in [1.82, 2.24) is 4.31 Å². The average Bonchev–Trinajstić information content (AvgIpc) is 2.49. The van der Waals surface area contributed by atoms with Gasteiger partial charge in [0.2, 0.25) is 10.0 Å². The number of hydrogen-bond donors (Lipinski definition) is 1. The molecule has 1 aliphatic heterocycles. The maximum Gasteiger partial charge on any atom is 0.217 e. The molecule has 7 heteroatoms. The quantitative estimate of drug-likeness (QED) is 0.795. The zero-order chi connectivity index (χ0) is 15.3. The summed E-state index contributed by atoms with van der Waals surface area (Å²) >= 11 is 0. The van der Waals surface area contributed by atoms with Crippen LogP contribution in [-0.4, -0.2) is 51.4 Å². The number of nitrogens with zero attached hydrogens (tertiary/aromatic N) is 1. The van der Waals surface area contributed by atoms with E-state index in [9.17, 15) is 8.42 Å². The molecule has 0 radical (unpaired) electrons. The van der Waals surface area contributed by atoms with E-state index < -0.39 is 10.0 Å². The van der Waals surface area contributed by atoms with E-state index >= 15 is 0 Å². The van der Waals surface area contributed by atoms with Crippen molar-refractivity contribution in [2.75, 3.05) is 38.3 Å². The van der Waals surface area contributed by atoms with Gasteiger partial charge in [-0.3, -0.25) is 0 Å². The van der Waals surface area contributed by atoms with Gasteiger partial charge in [-0.25, -0.2) is 12.7 Å². The molecular weight excluding hydrogens is 292 g/mol. The summed E-state index contributed by atoms with van der Waals surface area (Å²) in [6.45, 7) is 1.17. The second-order valence-electron chi connectivity index (χ2n) is 5.07. The Hall–Kier alpha value is -1.31. The summed E-state index contributed by atoms with van der Waals surface area (Å²) in [6, 6.07) is 6.90. The molecule has 0 saturated carbocycles. The summed E-state index contributed by atoms with van der Waals surface area (Å²) < 4.78 is 36.6. The number of benzene rings is 1. The molecule has 2 N–H and O–H groups in total. The highest BCUT2D eigenvalue weighted by Gasteiger charge is 2.27. The Morgan fingerprint density at radius 1 is 1.24 bits per heavy atom. The fraction of sp³-hybridized carbons (Fsp3) is 0.571. The first kappa shape index (κ1) is 16.1. The van der Waals surface area contributed by atoms with Crippen LogP contribution in [0, 0.1) is 0 Å². The average molecular weight is 314 g/mol.